The van der Waals surface area contributed by atoms with Gasteiger partial charge in [-0.15, -0.1) is 0 Å². The first-order valence-corrected chi connectivity index (χ1v) is 5.77. The maximum atomic E-state index is 5.99. The summed E-state index contributed by atoms with van der Waals surface area (Å²) in [5.74, 6) is 0.569. The highest BCUT2D eigenvalue weighted by Gasteiger charge is 2.04. The molecule has 0 bridgehead atoms. The molecule has 0 aliphatic heterocycles. The van der Waals surface area contributed by atoms with Crippen LogP contribution in [0.15, 0.2) is 36.9 Å². The van der Waals surface area contributed by atoms with Gasteiger partial charge in [-0.1, -0.05) is 17.7 Å². The van der Waals surface area contributed by atoms with Gasteiger partial charge in [-0.05, 0) is 18.6 Å². The summed E-state index contributed by atoms with van der Waals surface area (Å²) in [7, 11) is 0. The first-order chi connectivity index (χ1) is 8.27. The average molecular weight is 252 g/mol. The molecule has 1 aromatic carbocycles. The number of rotatable bonds is 5. The molecule has 0 atom stereocenters. The van der Waals surface area contributed by atoms with Crippen molar-refractivity contribution in [3.05, 3.63) is 41.9 Å². The highest BCUT2D eigenvalue weighted by molar-refractivity contribution is 6.32. The van der Waals surface area contributed by atoms with Gasteiger partial charge in [-0.2, -0.15) is 0 Å². The fourth-order valence-electron chi connectivity index (χ4n) is 1.52. The van der Waals surface area contributed by atoms with Gasteiger partial charge in [0, 0.05) is 18.9 Å². The smallest absolute Gasteiger partial charge is 0.160 e. The summed E-state index contributed by atoms with van der Waals surface area (Å²) in [5, 5.41) is 0.549. The molecule has 17 heavy (non-hydrogen) atoms. The van der Waals surface area contributed by atoms with E-state index in [1.54, 1.807) is 30.7 Å². The lowest BCUT2D eigenvalue weighted by Crippen LogP contribution is -2.04. The molecule has 0 fully saturated rings. The van der Waals surface area contributed by atoms with Gasteiger partial charge in [-0.25, -0.2) is 4.98 Å². The maximum Gasteiger partial charge on any atom is 0.160 e. The quantitative estimate of drug-likeness (QED) is 0.656. The Kier molecular flexibility index (Phi) is 3.88. The summed E-state index contributed by atoms with van der Waals surface area (Å²) in [6.07, 6.45) is 6.33. The van der Waals surface area contributed by atoms with Gasteiger partial charge >= 0.3 is 0 Å². The molecule has 0 amide bonds. The van der Waals surface area contributed by atoms with Gasteiger partial charge in [-0.3, -0.25) is 0 Å². The monoisotopic (exact) mass is 251 g/mol. The number of nitrogen functional groups attached to an aromatic ring is 1. The summed E-state index contributed by atoms with van der Waals surface area (Å²) in [4.78, 5) is 3.97. The van der Waals surface area contributed by atoms with E-state index in [1.165, 1.54) is 0 Å². The molecule has 1 aromatic heterocycles. The second-order valence-corrected chi connectivity index (χ2v) is 4.07. The third-order valence-electron chi connectivity index (χ3n) is 2.36. The molecular weight excluding hydrogens is 238 g/mol. The zero-order chi connectivity index (χ0) is 12.1. The van der Waals surface area contributed by atoms with Gasteiger partial charge in [0.2, 0.25) is 0 Å². The van der Waals surface area contributed by atoms with Crippen LogP contribution in [0, 0.1) is 0 Å². The molecule has 5 heteroatoms. The minimum absolute atomic E-state index is 0.549. The molecule has 4 nitrogen and oxygen atoms in total. The van der Waals surface area contributed by atoms with Crippen molar-refractivity contribution in [1.82, 2.24) is 9.55 Å². The zero-order valence-electron chi connectivity index (χ0n) is 9.34. The van der Waals surface area contributed by atoms with E-state index in [4.69, 9.17) is 22.1 Å². The molecular formula is C12H14ClN3O. The van der Waals surface area contributed by atoms with E-state index >= 15 is 0 Å². The SMILES string of the molecule is Nc1cccc(Cl)c1OCCCn1ccnc1. The minimum atomic E-state index is 0.549. The number of hydrogen-bond acceptors (Lipinski definition) is 3. The lowest BCUT2D eigenvalue weighted by atomic mass is 10.3. The van der Waals surface area contributed by atoms with E-state index in [0.29, 0.717) is 23.1 Å². The predicted molar refractivity (Wildman–Crippen MR) is 68.2 cm³/mol. The Morgan fingerprint density at radius 3 is 3.00 bits per heavy atom. The third kappa shape index (κ3) is 3.14. The molecule has 0 radical (unpaired) electrons. The number of benzene rings is 1. The number of hydrogen-bond donors (Lipinski definition) is 1. The van der Waals surface area contributed by atoms with Crippen molar-refractivity contribution in [2.75, 3.05) is 12.3 Å². The van der Waals surface area contributed by atoms with Crippen LogP contribution in [0.3, 0.4) is 0 Å². The summed E-state index contributed by atoms with van der Waals surface area (Å²) in [6, 6.07) is 5.34. The van der Waals surface area contributed by atoms with Crippen LogP contribution in [0.1, 0.15) is 6.42 Å². The Hall–Kier alpha value is -1.68. The molecule has 2 aromatic rings. The topological polar surface area (TPSA) is 53.1 Å². The number of aromatic nitrogens is 2. The highest BCUT2D eigenvalue weighted by Crippen LogP contribution is 2.30. The zero-order valence-corrected chi connectivity index (χ0v) is 10.1. The van der Waals surface area contributed by atoms with Crippen molar-refractivity contribution in [1.29, 1.82) is 0 Å². The van der Waals surface area contributed by atoms with Gasteiger partial charge in [0.15, 0.2) is 5.75 Å². The molecule has 0 spiro atoms. The predicted octanol–water partition coefficient (Wildman–Crippen LogP) is 2.59. The number of ether oxygens (including phenoxy) is 1. The van der Waals surface area contributed by atoms with E-state index < -0.39 is 0 Å². The van der Waals surface area contributed by atoms with Gasteiger partial charge in [0.25, 0.3) is 0 Å². The van der Waals surface area contributed by atoms with Gasteiger partial charge in [0.1, 0.15) is 0 Å². The first-order valence-electron chi connectivity index (χ1n) is 5.40. The number of anilines is 1. The summed E-state index contributed by atoms with van der Waals surface area (Å²) in [5.41, 5.74) is 6.34. The van der Waals surface area contributed by atoms with Crippen molar-refractivity contribution in [3.8, 4) is 5.75 Å². The number of nitrogens with zero attached hydrogens (tertiary/aromatic N) is 2. The number of nitrogens with two attached hydrogens (primary N) is 1. The van der Waals surface area contributed by atoms with Crippen molar-refractivity contribution in [2.45, 2.75) is 13.0 Å². The summed E-state index contributed by atoms with van der Waals surface area (Å²) >= 11 is 5.99. The first kappa shape index (κ1) is 11.8. The van der Waals surface area contributed by atoms with Gasteiger partial charge in [0.05, 0.1) is 23.6 Å². The van der Waals surface area contributed by atoms with Gasteiger partial charge < -0.3 is 15.0 Å². The Bertz CT molecular complexity index is 450. The number of para-hydroxylation sites is 1. The fourth-order valence-corrected chi connectivity index (χ4v) is 1.75. The molecule has 0 saturated carbocycles. The largest absolute Gasteiger partial charge is 0.490 e. The fraction of sp³-hybridized carbons (Fsp3) is 0.250. The van der Waals surface area contributed by atoms with E-state index in [0.717, 1.165) is 13.0 Å². The average Bonchev–Trinajstić information content (AvgIpc) is 2.80. The van der Waals surface area contributed by atoms with E-state index in [2.05, 4.69) is 4.98 Å². The molecule has 90 valence electrons. The number of aryl methyl sites for hydroxylation is 1. The van der Waals surface area contributed by atoms with Crippen molar-refractivity contribution >= 4 is 17.3 Å². The molecule has 0 aliphatic rings. The van der Waals surface area contributed by atoms with E-state index in [1.807, 2.05) is 10.8 Å². The Morgan fingerprint density at radius 2 is 2.29 bits per heavy atom. The minimum Gasteiger partial charge on any atom is -0.490 e. The molecule has 0 saturated heterocycles. The lowest BCUT2D eigenvalue weighted by molar-refractivity contribution is 0.303. The van der Waals surface area contributed by atoms with Crippen molar-refractivity contribution in [2.24, 2.45) is 0 Å². The van der Waals surface area contributed by atoms with Crippen LogP contribution in [0.2, 0.25) is 5.02 Å². The normalized spacial score (nSPS) is 10.4. The summed E-state index contributed by atoms with van der Waals surface area (Å²) < 4.78 is 7.57. The second-order valence-electron chi connectivity index (χ2n) is 3.66. The van der Waals surface area contributed by atoms with Crippen LogP contribution in [-0.4, -0.2) is 16.2 Å². The maximum absolute atomic E-state index is 5.99. The van der Waals surface area contributed by atoms with Crippen LogP contribution in [-0.2, 0) is 6.54 Å². The molecule has 1 heterocycles. The Morgan fingerprint density at radius 1 is 1.41 bits per heavy atom. The van der Waals surface area contributed by atoms with E-state index in [9.17, 15) is 0 Å². The van der Waals surface area contributed by atoms with Crippen LogP contribution < -0.4 is 10.5 Å². The van der Waals surface area contributed by atoms with Crippen LogP contribution in [0.25, 0.3) is 0 Å². The second kappa shape index (κ2) is 5.59. The third-order valence-corrected chi connectivity index (χ3v) is 2.66. The van der Waals surface area contributed by atoms with Crippen molar-refractivity contribution < 1.29 is 4.74 Å². The standard InChI is InChI=1S/C12H14ClN3O/c13-10-3-1-4-11(14)12(10)17-8-2-6-16-7-5-15-9-16/h1,3-5,7,9H,2,6,8,14H2. The Labute approximate surface area is 105 Å². The number of halogens is 1. The Balaban J connectivity index is 1.82. The molecule has 0 unspecified atom stereocenters. The van der Waals surface area contributed by atoms with Crippen LogP contribution in [0.5, 0.6) is 5.75 Å². The van der Waals surface area contributed by atoms with Crippen LogP contribution >= 0.6 is 11.6 Å². The van der Waals surface area contributed by atoms with Crippen molar-refractivity contribution in [3.63, 3.8) is 0 Å². The lowest BCUT2D eigenvalue weighted by Gasteiger charge is -2.10. The highest BCUT2D eigenvalue weighted by atomic mass is 35.5. The van der Waals surface area contributed by atoms with E-state index in [-0.39, 0.29) is 0 Å². The molecule has 2 rings (SSSR count). The summed E-state index contributed by atoms with van der Waals surface area (Å²) in [6.45, 7) is 1.44. The molecule has 2 N–H and O–H groups in total. The molecule has 0 aliphatic carbocycles. The van der Waals surface area contributed by atoms with Crippen LogP contribution in [0.4, 0.5) is 5.69 Å². The number of imidazole rings is 1.